The van der Waals surface area contributed by atoms with Crippen LogP contribution < -0.4 is 10.5 Å². The number of ether oxygens (including phenoxy) is 1. The van der Waals surface area contributed by atoms with Crippen molar-refractivity contribution < 1.29 is 9.53 Å². The number of hydrogen-bond acceptors (Lipinski definition) is 4. The molecular weight excluding hydrogens is 254 g/mol. The molecule has 1 aromatic carbocycles. The third-order valence-corrected chi connectivity index (χ3v) is 3.07. The van der Waals surface area contributed by atoms with Gasteiger partial charge >= 0.3 is 0 Å². The molecule has 0 unspecified atom stereocenters. The normalized spacial score (nSPS) is 10.3. The summed E-state index contributed by atoms with van der Waals surface area (Å²) >= 11 is 0. The van der Waals surface area contributed by atoms with Gasteiger partial charge in [0.1, 0.15) is 11.6 Å². The van der Waals surface area contributed by atoms with E-state index in [0.29, 0.717) is 29.2 Å². The van der Waals surface area contributed by atoms with Crippen LogP contribution in [0.5, 0.6) is 5.75 Å². The number of primary amides is 1. The average molecular weight is 271 g/mol. The van der Waals surface area contributed by atoms with Crippen LogP contribution in [0.4, 0.5) is 0 Å². The van der Waals surface area contributed by atoms with Crippen LogP contribution in [0, 0.1) is 13.8 Å². The number of hydrogen-bond donors (Lipinski definition) is 1. The summed E-state index contributed by atoms with van der Waals surface area (Å²) in [5.74, 6) is 0.877. The minimum atomic E-state index is -0.507. The van der Waals surface area contributed by atoms with Crippen LogP contribution in [0.15, 0.2) is 24.3 Å². The molecule has 1 amide bonds. The van der Waals surface area contributed by atoms with E-state index in [1.807, 2.05) is 24.3 Å². The fraction of sp³-hybridized carbons (Fsp3) is 0.267. The number of nitrogens with zero attached hydrogens (tertiary/aromatic N) is 2. The first kappa shape index (κ1) is 14.0. The fourth-order valence-corrected chi connectivity index (χ4v) is 2.26. The van der Waals surface area contributed by atoms with E-state index in [2.05, 4.69) is 9.97 Å². The lowest BCUT2D eigenvalue weighted by Gasteiger charge is -2.12. The van der Waals surface area contributed by atoms with Crippen molar-refractivity contribution in [1.29, 1.82) is 0 Å². The average Bonchev–Trinajstić information content (AvgIpc) is 2.38. The summed E-state index contributed by atoms with van der Waals surface area (Å²) in [6.45, 7) is 3.56. The van der Waals surface area contributed by atoms with Gasteiger partial charge in [0.2, 0.25) is 0 Å². The van der Waals surface area contributed by atoms with Crippen molar-refractivity contribution in [2.45, 2.75) is 20.3 Å². The topological polar surface area (TPSA) is 78.1 Å². The SMILES string of the molecule is COc1ccccc1Cc1nc(C)nc(C)c1C(N)=O. The highest BCUT2D eigenvalue weighted by molar-refractivity contribution is 5.95. The number of methoxy groups -OCH3 is 1. The van der Waals surface area contributed by atoms with E-state index in [4.69, 9.17) is 10.5 Å². The maximum atomic E-state index is 11.6. The third kappa shape index (κ3) is 2.77. The van der Waals surface area contributed by atoms with Crippen LogP contribution >= 0.6 is 0 Å². The molecule has 1 aromatic heterocycles. The summed E-state index contributed by atoms with van der Waals surface area (Å²) < 4.78 is 5.32. The monoisotopic (exact) mass is 271 g/mol. The van der Waals surface area contributed by atoms with Gasteiger partial charge in [-0.2, -0.15) is 0 Å². The fourth-order valence-electron chi connectivity index (χ4n) is 2.26. The van der Waals surface area contributed by atoms with Crippen LogP contribution in [0.25, 0.3) is 0 Å². The standard InChI is InChI=1S/C15H17N3O2/c1-9-14(15(16)19)12(18-10(2)17-9)8-11-6-4-5-7-13(11)20-3/h4-7H,8H2,1-3H3,(H2,16,19). The molecule has 104 valence electrons. The number of amides is 1. The second-order valence-electron chi connectivity index (χ2n) is 4.53. The molecule has 2 rings (SSSR count). The Hall–Kier alpha value is -2.43. The van der Waals surface area contributed by atoms with E-state index in [9.17, 15) is 4.79 Å². The highest BCUT2D eigenvalue weighted by atomic mass is 16.5. The van der Waals surface area contributed by atoms with E-state index in [0.717, 1.165) is 11.3 Å². The van der Waals surface area contributed by atoms with Gasteiger partial charge in [-0.25, -0.2) is 9.97 Å². The van der Waals surface area contributed by atoms with Gasteiger partial charge < -0.3 is 10.5 Å². The van der Waals surface area contributed by atoms with Crippen LogP contribution in [0.3, 0.4) is 0 Å². The molecule has 5 heteroatoms. The summed E-state index contributed by atoms with van der Waals surface area (Å²) in [6.07, 6.45) is 0.479. The quantitative estimate of drug-likeness (QED) is 0.919. The summed E-state index contributed by atoms with van der Waals surface area (Å²) in [4.78, 5) is 20.2. The van der Waals surface area contributed by atoms with E-state index in [1.165, 1.54) is 0 Å². The second kappa shape index (κ2) is 5.69. The van der Waals surface area contributed by atoms with Crippen molar-refractivity contribution in [3.05, 3.63) is 52.6 Å². The van der Waals surface area contributed by atoms with Gasteiger partial charge in [-0.1, -0.05) is 18.2 Å². The van der Waals surface area contributed by atoms with Crippen molar-refractivity contribution in [1.82, 2.24) is 9.97 Å². The molecule has 5 nitrogen and oxygen atoms in total. The maximum absolute atomic E-state index is 11.6. The molecular formula is C15H17N3O2. The van der Waals surface area contributed by atoms with Crippen molar-refractivity contribution in [3.63, 3.8) is 0 Å². The van der Waals surface area contributed by atoms with Crippen LogP contribution in [-0.2, 0) is 6.42 Å². The number of carbonyl (C=O) groups excluding carboxylic acids is 1. The Kier molecular flexibility index (Phi) is 3.98. The molecule has 2 aromatic rings. The maximum Gasteiger partial charge on any atom is 0.252 e. The van der Waals surface area contributed by atoms with Gasteiger partial charge in [-0.05, 0) is 19.9 Å². The zero-order valence-corrected chi connectivity index (χ0v) is 11.8. The first-order chi connectivity index (χ1) is 9.52. The van der Waals surface area contributed by atoms with E-state index < -0.39 is 5.91 Å². The molecule has 0 saturated carbocycles. The summed E-state index contributed by atoms with van der Waals surface area (Å²) in [5, 5.41) is 0. The number of para-hydroxylation sites is 1. The van der Waals surface area contributed by atoms with Crippen LogP contribution in [0.2, 0.25) is 0 Å². The smallest absolute Gasteiger partial charge is 0.252 e. The van der Waals surface area contributed by atoms with Crippen molar-refractivity contribution >= 4 is 5.91 Å². The predicted molar refractivity (Wildman–Crippen MR) is 75.8 cm³/mol. The Labute approximate surface area is 117 Å². The molecule has 0 aliphatic rings. The summed E-state index contributed by atoms with van der Waals surface area (Å²) in [7, 11) is 1.62. The minimum absolute atomic E-state index is 0.390. The Morgan fingerprint density at radius 2 is 1.95 bits per heavy atom. The van der Waals surface area contributed by atoms with Crippen LogP contribution in [0.1, 0.15) is 33.1 Å². The van der Waals surface area contributed by atoms with Gasteiger partial charge in [-0.15, -0.1) is 0 Å². The Balaban J connectivity index is 2.50. The lowest BCUT2D eigenvalue weighted by Crippen LogP contribution is -2.19. The highest BCUT2D eigenvalue weighted by Crippen LogP contribution is 2.22. The predicted octanol–water partition coefficient (Wildman–Crippen LogP) is 1.79. The van der Waals surface area contributed by atoms with Crippen molar-refractivity contribution in [2.24, 2.45) is 5.73 Å². The van der Waals surface area contributed by atoms with Gasteiger partial charge in [0, 0.05) is 12.0 Å². The molecule has 0 fully saturated rings. The molecule has 2 N–H and O–H groups in total. The van der Waals surface area contributed by atoms with Gasteiger partial charge in [-0.3, -0.25) is 4.79 Å². The molecule has 0 bridgehead atoms. The molecule has 0 aliphatic heterocycles. The molecule has 1 heterocycles. The minimum Gasteiger partial charge on any atom is -0.496 e. The number of benzene rings is 1. The van der Waals surface area contributed by atoms with Crippen LogP contribution in [-0.4, -0.2) is 23.0 Å². The summed E-state index contributed by atoms with van der Waals surface area (Å²) in [6, 6.07) is 7.63. The van der Waals surface area contributed by atoms with Gasteiger partial charge in [0.15, 0.2) is 0 Å². The number of aromatic nitrogens is 2. The van der Waals surface area contributed by atoms with E-state index >= 15 is 0 Å². The molecule has 20 heavy (non-hydrogen) atoms. The second-order valence-corrected chi connectivity index (χ2v) is 4.53. The lowest BCUT2D eigenvalue weighted by atomic mass is 10.0. The van der Waals surface area contributed by atoms with Crippen molar-refractivity contribution in [3.8, 4) is 5.75 Å². The molecule has 0 aliphatic carbocycles. The lowest BCUT2D eigenvalue weighted by molar-refractivity contribution is 0.0998. The zero-order valence-electron chi connectivity index (χ0n) is 11.8. The third-order valence-electron chi connectivity index (χ3n) is 3.07. The van der Waals surface area contributed by atoms with Gasteiger partial charge in [0.25, 0.3) is 5.91 Å². The largest absolute Gasteiger partial charge is 0.496 e. The number of carbonyl (C=O) groups is 1. The Morgan fingerprint density at radius 3 is 2.60 bits per heavy atom. The van der Waals surface area contributed by atoms with Crippen molar-refractivity contribution in [2.75, 3.05) is 7.11 Å². The number of rotatable bonds is 4. The molecule has 0 radical (unpaired) electrons. The number of nitrogens with two attached hydrogens (primary N) is 1. The Morgan fingerprint density at radius 1 is 1.25 bits per heavy atom. The summed E-state index contributed by atoms with van der Waals surface area (Å²) in [5.41, 5.74) is 8.02. The molecule has 0 atom stereocenters. The zero-order chi connectivity index (χ0) is 14.7. The molecule has 0 spiro atoms. The first-order valence-electron chi connectivity index (χ1n) is 6.28. The van der Waals surface area contributed by atoms with E-state index in [1.54, 1.807) is 21.0 Å². The van der Waals surface area contributed by atoms with Gasteiger partial charge in [0.05, 0.1) is 24.1 Å². The first-order valence-corrected chi connectivity index (χ1v) is 6.28. The number of aryl methyl sites for hydroxylation is 2. The Bertz CT molecular complexity index is 654. The highest BCUT2D eigenvalue weighted by Gasteiger charge is 2.16. The molecule has 0 saturated heterocycles. The van der Waals surface area contributed by atoms with E-state index in [-0.39, 0.29) is 0 Å².